The van der Waals surface area contributed by atoms with Gasteiger partial charge in [-0.15, -0.1) is 0 Å². The van der Waals surface area contributed by atoms with Crippen LogP contribution < -0.4 is 5.63 Å². The summed E-state index contributed by atoms with van der Waals surface area (Å²) in [5, 5.41) is 10.7. The molecule has 5 nitrogen and oxygen atoms in total. The minimum atomic E-state index is -0.409. The molecule has 112 valence electrons. The summed E-state index contributed by atoms with van der Waals surface area (Å²) in [6, 6.07) is 4.56. The van der Waals surface area contributed by atoms with E-state index in [1.54, 1.807) is 6.07 Å². The lowest BCUT2D eigenvalue weighted by atomic mass is 10.1. The predicted octanol–water partition coefficient (Wildman–Crippen LogP) is 1.90. The molecule has 1 fully saturated rings. The molecule has 1 aromatic heterocycles. The molecule has 21 heavy (non-hydrogen) atoms. The molecule has 6 heteroatoms. The molecule has 2 aromatic rings. The number of hydrogen-bond donors (Lipinski definition) is 1. The van der Waals surface area contributed by atoms with Crippen molar-refractivity contribution in [2.45, 2.75) is 6.54 Å². The van der Waals surface area contributed by atoms with E-state index in [0.717, 1.165) is 37.1 Å². The maximum atomic E-state index is 11.7. The van der Waals surface area contributed by atoms with E-state index in [2.05, 4.69) is 16.8 Å². The Kier molecular flexibility index (Phi) is 3.89. The van der Waals surface area contributed by atoms with Gasteiger partial charge in [-0.3, -0.25) is 4.90 Å². The number of benzene rings is 1. The van der Waals surface area contributed by atoms with Crippen LogP contribution in [0.25, 0.3) is 11.0 Å². The van der Waals surface area contributed by atoms with Crippen molar-refractivity contribution in [2.75, 3.05) is 33.2 Å². The summed E-state index contributed by atoms with van der Waals surface area (Å²) in [5.41, 5.74) is 0.842. The van der Waals surface area contributed by atoms with Gasteiger partial charge in [0.2, 0.25) is 0 Å². The number of rotatable bonds is 2. The predicted molar refractivity (Wildman–Crippen MR) is 81.9 cm³/mol. The summed E-state index contributed by atoms with van der Waals surface area (Å²) in [6.07, 6.45) is 0. The molecule has 0 atom stereocenters. The van der Waals surface area contributed by atoms with Crippen LogP contribution in [-0.4, -0.2) is 48.1 Å². The van der Waals surface area contributed by atoms with Crippen LogP contribution in [0.5, 0.6) is 5.75 Å². The van der Waals surface area contributed by atoms with E-state index in [1.807, 2.05) is 0 Å². The highest BCUT2D eigenvalue weighted by Crippen LogP contribution is 2.30. The average molecular weight is 309 g/mol. The summed E-state index contributed by atoms with van der Waals surface area (Å²) in [4.78, 5) is 16.3. The van der Waals surface area contributed by atoms with Crippen molar-refractivity contribution >= 4 is 22.6 Å². The van der Waals surface area contributed by atoms with E-state index in [-0.39, 0.29) is 10.8 Å². The second kappa shape index (κ2) is 5.67. The number of halogens is 1. The van der Waals surface area contributed by atoms with E-state index >= 15 is 0 Å². The van der Waals surface area contributed by atoms with Crippen molar-refractivity contribution in [1.82, 2.24) is 9.80 Å². The summed E-state index contributed by atoms with van der Waals surface area (Å²) in [5.74, 6) is -0.0796. The van der Waals surface area contributed by atoms with Crippen LogP contribution in [-0.2, 0) is 6.54 Å². The first-order valence-electron chi connectivity index (χ1n) is 6.89. The molecule has 0 unspecified atom stereocenters. The maximum absolute atomic E-state index is 11.7. The van der Waals surface area contributed by atoms with Crippen molar-refractivity contribution in [3.63, 3.8) is 0 Å². The fraction of sp³-hybridized carbons (Fsp3) is 0.400. The Balaban J connectivity index is 1.97. The largest absolute Gasteiger partial charge is 0.506 e. The van der Waals surface area contributed by atoms with E-state index < -0.39 is 5.63 Å². The summed E-state index contributed by atoms with van der Waals surface area (Å²) in [7, 11) is 2.10. The third-order valence-electron chi connectivity index (χ3n) is 3.89. The molecule has 2 heterocycles. The molecule has 0 radical (unpaired) electrons. The monoisotopic (exact) mass is 308 g/mol. The Hall–Kier alpha value is -1.56. The number of piperazine rings is 1. The molecule has 0 bridgehead atoms. The lowest BCUT2D eigenvalue weighted by Gasteiger charge is -2.32. The summed E-state index contributed by atoms with van der Waals surface area (Å²) in [6.45, 7) is 4.63. The van der Waals surface area contributed by atoms with Crippen molar-refractivity contribution < 1.29 is 9.52 Å². The Labute approximate surface area is 127 Å². The zero-order chi connectivity index (χ0) is 15.0. The Bertz CT molecular complexity index is 721. The highest BCUT2D eigenvalue weighted by Gasteiger charge is 2.16. The standard InChI is InChI=1S/C15H17ClN2O3/c1-17-2-4-18(5-3-17)9-10-6-15(20)21-14-8-13(19)12(16)7-11(10)14/h6-8,19H,2-5,9H2,1H3. The van der Waals surface area contributed by atoms with Crippen LogP contribution >= 0.6 is 11.6 Å². The van der Waals surface area contributed by atoms with Gasteiger partial charge in [-0.2, -0.15) is 0 Å². The fourth-order valence-electron chi connectivity index (χ4n) is 2.61. The molecule has 0 amide bonds. The van der Waals surface area contributed by atoms with Gasteiger partial charge in [0, 0.05) is 50.2 Å². The molecule has 1 N–H and O–H groups in total. The van der Waals surface area contributed by atoms with Crippen LogP contribution in [0, 0.1) is 0 Å². The van der Waals surface area contributed by atoms with Crippen LogP contribution in [0.3, 0.4) is 0 Å². The molecule has 0 aliphatic carbocycles. The summed E-state index contributed by atoms with van der Waals surface area (Å²) >= 11 is 5.97. The molecular weight excluding hydrogens is 292 g/mol. The smallest absolute Gasteiger partial charge is 0.336 e. The third kappa shape index (κ3) is 3.05. The van der Waals surface area contributed by atoms with Crippen LogP contribution in [0.2, 0.25) is 5.02 Å². The minimum Gasteiger partial charge on any atom is -0.506 e. The highest BCUT2D eigenvalue weighted by molar-refractivity contribution is 6.32. The van der Waals surface area contributed by atoms with Gasteiger partial charge >= 0.3 is 5.63 Å². The quantitative estimate of drug-likeness (QED) is 0.859. The second-order valence-electron chi connectivity index (χ2n) is 5.47. The van der Waals surface area contributed by atoms with E-state index in [4.69, 9.17) is 16.0 Å². The number of hydrogen-bond acceptors (Lipinski definition) is 5. The molecule has 1 aliphatic heterocycles. The SMILES string of the molecule is CN1CCN(Cc2cc(=O)oc3cc(O)c(Cl)cc23)CC1. The Morgan fingerprint density at radius 3 is 2.67 bits per heavy atom. The van der Waals surface area contributed by atoms with Crippen molar-refractivity contribution in [3.05, 3.63) is 39.2 Å². The minimum absolute atomic E-state index is 0.0796. The Morgan fingerprint density at radius 1 is 1.24 bits per heavy atom. The van der Waals surface area contributed by atoms with Gasteiger partial charge in [-0.05, 0) is 18.7 Å². The molecule has 0 saturated carbocycles. The number of fused-ring (bicyclic) bond motifs is 1. The zero-order valence-electron chi connectivity index (χ0n) is 11.8. The molecule has 1 saturated heterocycles. The van der Waals surface area contributed by atoms with E-state index in [0.29, 0.717) is 12.1 Å². The molecule has 1 aromatic carbocycles. The number of phenols is 1. The van der Waals surface area contributed by atoms with Gasteiger partial charge < -0.3 is 14.4 Å². The zero-order valence-corrected chi connectivity index (χ0v) is 12.6. The maximum Gasteiger partial charge on any atom is 0.336 e. The number of nitrogens with zero attached hydrogens (tertiary/aromatic N) is 2. The van der Waals surface area contributed by atoms with Gasteiger partial charge in [-0.1, -0.05) is 11.6 Å². The molecule has 0 spiro atoms. The first-order chi connectivity index (χ1) is 10.0. The second-order valence-corrected chi connectivity index (χ2v) is 5.88. The van der Waals surface area contributed by atoms with Crippen LogP contribution in [0.4, 0.5) is 0 Å². The average Bonchev–Trinajstić information content (AvgIpc) is 2.43. The van der Waals surface area contributed by atoms with Gasteiger partial charge in [0.15, 0.2) is 0 Å². The normalized spacial score (nSPS) is 17.4. The van der Waals surface area contributed by atoms with E-state index in [9.17, 15) is 9.90 Å². The number of phenolic OH excluding ortho intramolecular Hbond substituents is 1. The lowest BCUT2D eigenvalue weighted by molar-refractivity contribution is 0.148. The van der Waals surface area contributed by atoms with Crippen molar-refractivity contribution in [1.29, 1.82) is 0 Å². The number of likely N-dealkylation sites (N-methyl/N-ethyl adjacent to an activating group) is 1. The first kappa shape index (κ1) is 14.4. The van der Waals surface area contributed by atoms with Crippen LogP contribution in [0.15, 0.2) is 27.4 Å². The highest BCUT2D eigenvalue weighted by atomic mass is 35.5. The number of aromatic hydroxyl groups is 1. The van der Waals surface area contributed by atoms with Gasteiger partial charge in [0.1, 0.15) is 11.3 Å². The van der Waals surface area contributed by atoms with Crippen molar-refractivity contribution in [3.8, 4) is 5.75 Å². The van der Waals surface area contributed by atoms with Gasteiger partial charge in [-0.25, -0.2) is 4.79 Å². The lowest BCUT2D eigenvalue weighted by Crippen LogP contribution is -2.43. The van der Waals surface area contributed by atoms with Gasteiger partial charge in [0.25, 0.3) is 0 Å². The molecule has 1 aliphatic rings. The Morgan fingerprint density at radius 2 is 1.95 bits per heavy atom. The summed E-state index contributed by atoms with van der Waals surface area (Å²) < 4.78 is 5.14. The fourth-order valence-corrected chi connectivity index (χ4v) is 2.78. The van der Waals surface area contributed by atoms with Crippen LogP contribution in [0.1, 0.15) is 5.56 Å². The first-order valence-corrected chi connectivity index (χ1v) is 7.27. The molecular formula is C15H17ClN2O3. The third-order valence-corrected chi connectivity index (χ3v) is 4.19. The van der Waals surface area contributed by atoms with Crippen molar-refractivity contribution in [2.24, 2.45) is 0 Å². The van der Waals surface area contributed by atoms with E-state index in [1.165, 1.54) is 12.1 Å². The topological polar surface area (TPSA) is 56.9 Å². The molecule has 3 rings (SSSR count). The van der Waals surface area contributed by atoms with Gasteiger partial charge in [0.05, 0.1) is 5.02 Å².